The number of ether oxygens (including phenoxy) is 2. The van der Waals surface area contributed by atoms with E-state index in [4.69, 9.17) is 9.47 Å². The maximum Gasteiger partial charge on any atom is 0.306 e. The van der Waals surface area contributed by atoms with E-state index < -0.39 is 59.1 Å². The molecule has 3 heterocycles. The number of nitrogens with zero attached hydrogens (tertiary/aromatic N) is 2. The van der Waals surface area contributed by atoms with Gasteiger partial charge in [0.15, 0.2) is 0 Å². The lowest BCUT2D eigenvalue weighted by Crippen LogP contribution is -2.62. The van der Waals surface area contributed by atoms with Gasteiger partial charge in [0.05, 0.1) is 36.6 Å². The molecule has 2 bridgehead atoms. The standard InChI is InChI=1S/C39H49N3O7/c1-6-8-19-31(44)48-25-29(27-17-13-10-14-18-27)40-35(45)32-30-20-21-39(49-30)33(32)36(46)42(28(24-43)23-26-15-11-9-12-16-26)34(39)37(47)41(22-7-2)38(3,4)5/h6-7,9-18,28-30,32-34,43H,1-2,8,19-25H2,3-5H3,(H,40,45)/t28-,29+,30-,32+,33+,34-,39+/m1/s1. The Hall–Kier alpha value is -4.28. The van der Waals surface area contributed by atoms with Crippen molar-refractivity contribution in [3.05, 3.63) is 97.1 Å². The molecule has 0 radical (unpaired) electrons. The van der Waals surface area contributed by atoms with Crippen molar-refractivity contribution in [2.75, 3.05) is 19.8 Å². The summed E-state index contributed by atoms with van der Waals surface area (Å²) < 4.78 is 12.2. The van der Waals surface area contributed by atoms with Gasteiger partial charge >= 0.3 is 5.97 Å². The van der Waals surface area contributed by atoms with Crippen molar-refractivity contribution in [3.63, 3.8) is 0 Å². The van der Waals surface area contributed by atoms with Crippen molar-refractivity contribution in [1.29, 1.82) is 0 Å². The van der Waals surface area contributed by atoms with Crippen molar-refractivity contribution >= 4 is 23.7 Å². The Morgan fingerprint density at radius 2 is 1.78 bits per heavy atom. The Morgan fingerprint density at radius 3 is 2.39 bits per heavy atom. The molecule has 10 nitrogen and oxygen atoms in total. The van der Waals surface area contributed by atoms with Crippen molar-refractivity contribution in [3.8, 4) is 0 Å². The molecule has 10 heteroatoms. The van der Waals surface area contributed by atoms with Crippen LogP contribution in [0.25, 0.3) is 0 Å². The lowest BCUT2D eigenvalue weighted by molar-refractivity contribution is -0.154. The highest BCUT2D eigenvalue weighted by atomic mass is 16.5. The molecule has 3 aliphatic heterocycles. The van der Waals surface area contributed by atoms with Gasteiger partial charge in [0, 0.05) is 18.5 Å². The van der Waals surface area contributed by atoms with E-state index in [1.807, 2.05) is 81.4 Å². The largest absolute Gasteiger partial charge is 0.463 e. The molecule has 2 aromatic carbocycles. The van der Waals surface area contributed by atoms with Crippen LogP contribution in [0.15, 0.2) is 86.0 Å². The van der Waals surface area contributed by atoms with E-state index in [1.165, 1.54) is 4.90 Å². The second-order valence-electron chi connectivity index (χ2n) is 14.2. The van der Waals surface area contributed by atoms with E-state index in [2.05, 4.69) is 18.5 Å². The zero-order valence-electron chi connectivity index (χ0n) is 28.8. The Morgan fingerprint density at radius 1 is 1.10 bits per heavy atom. The Bertz CT molecular complexity index is 1520. The molecule has 3 saturated heterocycles. The van der Waals surface area contributed by atoms with Crippen LogP contribution in [-0.2, 0) is 35.1 Å². The van der Waals surface area contributed by atoms with Gasteiger partial charge in [0.2, 0.25) is 17.7 Å². The first-order valence-corrected chi connectivity index (χ1v) is 17.2. The van der Waals surface area contributed by atoms with Gasteiger partial charge in [0.1, 0.15) is 18.2 Å². The Kier molecular flexibility index (Phi) is 11.1. The van der Waals surface area contributed by atoms with Gasteiger partial charge in [-0.25, -0.2) is 0 Å². The summed E-state index contributed by atoms with van der Waals surface area (Å²) >= 11 is 0. The molecule has 5 rings (SSSR count). The van der Waals surface area contributed by atoms with Crippen LogP contribution >= 0.6 is 0 Å². The molecule has 262 valence electrons. The minimum absolute atomic E-state index is 0.0906. The number of hydrogen-bond donors (Lipinski definition) is 2. The first-order valence-electron chi connectivity index (χ1n) is 17.2. The molecule has 49 heavy (non-hydrogen) atoms. The minimum atomic E-state index is -1.25. The molecule has 0 aromatic heterocycles. The van der Waals surface area contributed by atoms with E-state index in [1.54, 1.807) is 17.1 Å². The molecule has 0 saturated carbocycles. The summed E-state index contributed by atoms with van der Waals surface area (Å²) in [7, 11) is 0. The first kappa shape index (κ1) is 36.0. The van der Waals surface area contributed by atoms with Crippen LogP contribution < -0.4 is 5.32 Å². The topological polar surface area (TPSA) is 125 Å². The fourth-order valence-electron chi connectivity index (χ4n) is 7.81. The number of nitrogens with one attached hydrogen (secondary N) is 1. The SMILES string of the molecule is C=CCCC(=O)OC[C@H](NC(=O)[C@@H]1[C@H]2C(=O)N([C@@H](CO)Cc3ccccc3)[C@H](C(=O)N(CC=C)C(C)(C)C)[C@]23CC[C@H]1O3)c1ccccc1. The van der Waals surface area contributed by atoms with E-state index >= 15 is 0 Å². The number of allylic oxidation sites excluding steroid dienone is 1. The van der Waals surface area contributed by atoms with Gasteiger partial charge in [-0.1, -0.05) is 72.8 Å². The zero-order valence-corrected chi connectivity index (χ0v) is 28.8. The second kappa shape index (κ2) is 15.1. The zero-order chi connectivity index (χ0) is 35.3. The summed E-state index contributed by atoms with van der Waals surface area (Å²) in [6.07, 6.45) is 4.60. The number of amides is 3. The predicted octanol–water partition coefficient (Wildman–Crippen LogP) is 4.14. The quantitative estimate of drug-likeness (QED) is 0.215. The number of benzene rings is 2. The summed E-state index contributed by atoms with van der Waals surface area (Å²) in [4.78, 5) is 59.5. The summed E-state index contributed by atoms with van der Waals surface area (Å²) in [5.41, 5.74) is -0.217. The van der Waals surface area contributed by atoms with Crippen molar-refractivity contribution in [2.45, 2.75) is 88.2 Å². The number of esters is 1. The van der Waals surface area contributed by atoms with Crippen LogP contribution in [0.1, 0.15) is 63.6 Å². The lowest BCUT2D eigenvalue weighted by Gasteiger charge is -2.43. The average molecular weight is 672 g/mol. The number of likely N-dealkylation sites (tertiary alicyclic amines) is 1. The second-order valence-corrected chi connectivity index (χ2v) is 14.2. The summed E-state index contributed by atoms with van der Waals surface area (Å²) in [6.45, 7) is 13.1. The highest BCUT2D eigenvalue weighted by molar-refractivity contribution is 5.99. The number of fused-ring (bicyclic) bond motifs is 1. The van der Waals surface area contributed by atoms with E-state index in [0.717, 1.165) is 11.1 Å². The Labute approximate surface area is 289 Å². The fraction of sp³-hybridized carbons (Fsp3) is 0.487. The average Bonchev–Trinajstić information content (AvgIpc) is 3.74. The van der Waals surface area contributed by atoms with Gasteiger partial charge in [-0.15, -0.1) is 13.2 Å². The summed E-state index contributed by atoms with van der Waals surface area (Å²) in [5.74, 6) is -3.32. The van der Waals surface area contributed by atoms with E-state index in [9.17, 15) is 24.3 Å². The molecule has 3 amide bonds. The van der Waals surface area contributed by atoms with Gasteiger partial charge in [0.25, 0.3) is 0 Å². The molecule has 0 aliphatic carbocycles. The van der Waals surface area contributed by atoms with Crippen molar-refractivity contribution in [1.82, 2.24) is 15.1 Å². The first-order chi connectivity index (χ1) is 23.5. The van der Waals surface area contributed by atoms with Gasteiger partial charge < -0.3 is 29.7 Å². The molecule has 3 aliphatic rings. The molecular weight excluding hydrogens is 622 g/mol. The van der Waals surface area contributed by atoms with Crippen LogP contribution in [0.5, 0.6) is 0 Å². The minimum Gasteiger partial charge on any atom is -0.463 e. The van der Waals surface area contributed by atoms with Crippen LogP contribution in [0.3, 0.4) is 0 Å². The van der Waals surface area contributed by atoms with Crippen molar-refractivity contribution < 1.29 is 33.8 Å². The number of carbonyl (C=O) groups excluding carboxylic acids is 4. The molecule has 2 N–H and O–H groups in total. The molecule has 1 spiro atoms. The highest BCUT2D eigenvalue weighted by Crippen LogP contribution is 2.59. The van der Waals surface area contributed by atoms with E-state index in [-0.39, 0.29) is 38.0 Å². The third-order valence-electron chi connectivity index (χ3n) is 10.1. The monoisotopic (exact) mass is 671 g/mol. The highest BCUT2D eigenvalue weighted by Gasteiger charge is 2.75. The van der Waals surface area contributed by atoms with Gasteiger partial charge in [-0.3, -0.25) is 19.2 Å². The number of hydrogen-bond acceptors (Lipinski definition) is 7. The van der Waals surface area contributed by atoms with Crippen LogP contribution in [0.2, 0.25) is 0 Å². The molecule has 2 aromatic rings. The summed E-state index contributed by atoms with van der Waals surface area (Å²) in [6, 6.07) is 16.3. The number of aliphatic hydroxyl groups is 1. The van der Waals surface area contributed by atoms with Crippen molar-refractivity contribution in [2.24, 2.45) is 11.8 Å². The molecule has 3 fully saturated rings. The van der Waals surface area contributed by atoms with Crippen LogP contribution in [-0.4, -0.2) is 87.7 Å². The van der Waals surface area contributed by atoms with Crippen LogP contribution in [0.4, 0.5) is 0 Å². The lowest BCUT2D eigenvalue weighted by atomic mass is 9.70. The molecular formula is C39H49N3O7. The number of aliphatic hydroxyl groups excluding tert-OH is 1. The maximum absolute atomic E-state index is 14.8. The van der Waals surface area contributed by atoms with E-state index in [0.29, 0.717) is 25.7 Å². The predicted molar refractivity (Wildman–Crippen MR) is 185 cm³/mol. The third-order valence-corrected chi connectivity index (χ3v) is 10.1. The van der Waals surface area contributed by atoms with Gasteiger partial charge in [-0.05, 0) is 57.6 Å². The number of rotatable bonds is 15. The van der Waals surface area contributed by atoms with Crippen LogP contribution in [0, 0.1) is 11.8 Å². The summed E-state index contributed by atoms with van der Waals surface area (Å²) in [5, 5.41) is 13.8. The normalized spacial score (nSPS) is 25.3. The van der Waals surface area contributed by atoms with Gasteiger partial charge in [-0.2, -0.15) is 0 Å². The smallest absolute Gasteiger partial charge is 0.306 e. The number of carbonyl (C=O) groups is 4. The Balaban J connectivity index is 1.50. The molecule has 7 atom stereocenters. The fourth-order valence-corrected chi connectivity index (χ4v) is 7.81. The maximum atomic E-state index is 14.8. The molecule has 0 unspecified atom stereocenters. The third kappa shape index (κ3) is 7.21.